The molecule has 6 nitrogen and oxygen atoms in total. The summed E-state index contributed by atoms with van der Waals surface area (Å²) in [6.45, 7) is 1.21. The Morgan fingerprint density at radius 1 is 1.50 bits per heavy atom. The molecule has 1 saturated heterocycles. The first kappa shape index (κ1) is 11.2. The van der Waals surface area contributed by atoms with E-state index >= 15 is 0 Å². The summed E-state index contributed by atoms with van der Waals surface area (Å²) in [6, 6.07) is 1.64. The van der Waals surface area contributed by atoms with Crippen LogP contribution >= 0.6 is 0 Å². The quantitative estimate of drug-likeness (QED) is 0.771. The highest BCUT2D eigenvalue weighted by atomic mass is 16.5. The number of hydrogen-bond acceptors (Lipinski definition) is 4. The molecule has 18 heavy (non-hydrogen) atoms. The highest BCUT2D eigenvalue weighted by molar-refractivity contribution is 5.81. The molecule has 0 bridgehead atoms. The third-order valence-corrected chi connectivity index (χ3v) is 3.25. The van der Waals surface area contributed by atoms with E-state index < -0.39 is 0 Å². The van der Waals surface area contributed by atoms with Crippen LogP contribution in [0.15, 0.2) is 29.5 Å². The van der Waals surface area contributed by atoms with Crippen LogP contribution in [0.25, 0.3) is 5.52 Å². The fourth-order valence-corrected chi connectivity index (χ4v) is 2.17. The normalized spacial score (nSPS) is 19.4. The summed E-state index contributed by atoms with van der Waals surface area (Å²) in [4.78, 5) is 24.0. The van der Waals surface area contributed by atoms with Gasteiger partial charge >= 0.3 is 0 Å². The summed E-state index contributed by atoms with van der Waals surface area (Å²) in [5.74, 6) is -0.0171. The third kappa shape index (κ3) is 1.84. The molecule has 1 atom stereocenters. The van der Waals surface area contributed by atoms with Gasteiger partial charge in [0.1, 0.15) is 5.52 Å². The average molecular weight is 247 g/mol. The lowest BCUT2D eigenvalue weighted by molar-refractivity contribution is -0.123. The maximum atomic E-state index is 12.1. The smallest absolute Gasteiger partial charge is 0.276 e. The second-order valence-corrected chi connectivity index (χ2v) is 4.42. The van der Waals surface area contributed by atoms with E-state index in [1.807, 2.05) is 0 Å². The predicted molar refractivity (Wildman–Crippen MR) is 63.4 cm³/mol. The molecule has 0 aromatic carbocycles. The average Bonchev–Trinajstić information content (AvgIpc) is 3.02. The molecule has 1 aliphatic rings. The van der Waals surface area contributed by atoms with E-state index in [4.69, 9.17) is 4.74 Å². The summed E-state index contributed by atoms with van der Waals surface area (Å²) < 4.78 is 8.11. The van der Waals surface area contributed by atoms with Crippen LogP contribution < -0.4 is 5.56 Å². The summed E-state index contributed by atoms with van der Waals surface area (Å²) in [5, 5.41) is 3.98. The zero-order valence-electron chi connectivity index (χ0n) is 9.78. The monoisotopic (exact) mass is 247 g/mol. The first-order valence-electron chi connectivity index (χ1n) is 5.89. The van der Waals surface area contributed by atoms with Gasteiger partial charge in [-0.2, -0.15) is 5.10 Å². The Balaban J connectivity index is 1.88. The lowest BCUT2D eigenvalue weighted by Crippen LogP contribution is -2.28. The fourth-order valence-electron chi connectivity index (χ4n) is 2.17. The Kier molecular flexibility index (Phi) is 2.71. The fraction of sp³-hybridized carbons (Fsp3) is 0.417. The van der Waals surface area contributed by atoms with Crippen LogP contribution in [-0.4, -0.2) is 33.2 Å². The lowest BCUT2D eigenvalue weighted by atomic mass is 10.0. The van der Waals surface area contributed by atoms with E-state index in [0.717, 1.165) is 6.42 Å². The number of hydrogen-bond donors (Lipinski definition) is 0. The molecule has 2 aromatic heterocycles. The number of nitrogens with zero attached hydrogens (tertiary/aromatic N) is 3. The molecule has 6 heteroatoms. The van der Waals surface area contributed by atoms with Gasteiger partial charge in [0.25, 0.3) is 5.56 Å². The zero-order chi connectivity index (χ0) is 12.5. The van der Waals surface area contributed by atoms with E-state index in [1.165, 1.54) is 9.08 Å². The number of fused-ring (bicyclic) bond motifs is 1. The Morgan fingerprint density at radius 2 is 2.39 bits per heavy atom. The van der Waals surface area contributed by atoms with Crippen molar-refractivity contribution in [2.45, 2.75) is 13.0 Å². The minimum absolute atomic E-state index is 0.0541. The van der Waals surface area contributed by atoms with Crippen LogP contribution in [0.4, 0.5) is 0 Å². The highest BCUT2D eigenvalue weighted by Gasteiger charge is 2.23. The Morgan fingerprint density at radius 3 is 3.17 bits per heavy atom. The first-order chi connectivity index (χ1) is 8.75. The molecule has 0 aliphatic carbocycles. The molecule has 0 spiro atoms. The molecule has 3 rings (SSSR count). The molecule has 1 fully saturated rings. The number of aromatic nitrogens is 3. The molecule has 2 aromatic rings. The van der Waals surface area contributed by atoms with E-state index in [1.54, 1.807) is 24.7 Å². The molecule has 0 amide bonds. The van der Waals surface area contributed by atoms with Gasteiger partial charge < -0.3 is 9.30 Å². The topological polar surface area (TPSA) is 65.6 Å². The van der Waals surface area contributed by atoms with E-state index in [0.29, 0.717) is 18.7 Å². The van der Waals surface area contributed by atoms with Gasteiger partial charge in [0.05, 0.1) is 19.3 Å². The Labute approximate surface area is 103 Å². The number of rotatable bonds is 3. The highest BCUT2D eigenvalue weighted by Crippen LogP contribution is 2.13. The van der Waals surface area contributed by atoms with E-state index in [9.17, 15) is 9.59 Å². The number of Topliss-reactive ketones (excluding diaryl/α,β-unsaturated/α-hetero) is 1. The third-order valence-electron chi connectivity index (χ3n) is 3.25. The van der Waals surface area contributed by atoms with Crippen LogP contribution in [0.2, 0.25) is 0 Å². The van der Waals surface area contributed by atoms with Gasteiger partial charge in [-0.05, 0) is 12.5 Å². The first-order valence-corrected chi connectivity index (χ1v) is 5.89. The van der Waals surface area contributed by atoms with Crippen molar-refractivity contribution in [3.8, 4) is 0 Å². The second kappa shape index (κ2) is 4.38. The summed E-state index contributed by atoms with van der Waals surface area (Å²) in [5.41, 5.74) is 0.287. The summed E-state index contributed by atoms with van der Waals surface area (Å²) in [7, 11) is 0. The zero-order valence-corrected chi connectivity index (χ0v) is 9.78. The number of carbonyl (C=O) groups excluding carboxylic acids is 1. The minimum atomic E-state index is -0.192. The number of ether oxygens (including phenoxy) is 1. The maximum absolute atomic E-state index is 12.1. The SMILES string of the molecule is O=C(Cn1ccn2nccc2c1=O)C1CCOC1. The lowest BCUT2D eigenvalue weighted by Gasteiger charge is -2.08. The van der Waals surface area contributed by atoms with Gasteiger partial charge in [-0.3, -0.25) is 9.59 Å². The molecule has 3 heterocycles. The van der Waals surface area contributed by atoms with Gasteiger partial charge in [0, 0.05) is 24.9 Å². The predicted octanol–water partition coefficient (Wildman–Crippen LogP) is 0.102. The van der Waals surface area contributed by atoms with E-state index in [-0.39, 0.29) is 23.8 Å². The maximum Gasteiger partial charge on any atom is 0.276 e. The van der Waals surface area contributed by atoms with Crippen LogP contribution in [-0.2, 0) is 16.1 Å². The largest absolute Gasteiger partial charge is 0.381 e. The van der Waals surface area contributed by atoms with Gasteiger partial charge in [0.15, 0.2) is 5.78 Å². The van der Waals surface area contributed by atoms with Crippen molar-refractivity contribution in [2.24, 2.45) is 5.92 Å². The molecule has 1 aliphatic heterocycles. The van der Waals surface area contributed by atoms with Gasteiger partial charge in [-0.1, -0.05) is 0 Å². The van der Waals surface area contributed by atoms with Crippen molar-refractivity contribution in [1.82, 2.24) is 14.2 Å². The summed E-state index contributed by atoms with van der Waals surface area (Å²) >= 11 is 0. The van der Waals surface area contributed by atoms with Crippen LogP contribution in [0, 0.1) is 5.92 Å². The number of carbonyl (C=O) groups is 1. The minimum Gasteiger partial charge on any atom is -0.381 e. The van der Waals surface area contributed by atoms with Crippen molar-refractivity contribution in [3.05, 3.63) is 35.0 Å². The Bertz CT molecular complexity index is 637. The van der Waals surface area contributed by atoms with E-state index in [2.05, 4.69) is 5.10 Å². The summed E-state index contributed by atoms with van der Waals surface area (Å²) in [6.07, 6.45) is 5.58. The number of ketones is 1. The van der Waals surface area contributed by atoms with Gasteiger partial charge in [-0.25, -0.2) is 4.52 Å². The standard InChI is InChI=1S/C12H13N3O3/c16-11(9-2-6-18-8-9)7-14-4-5-15-10(12(14)17)1-3-13-15/h1,3-5,9H,2,6-8H2. The van der Waals surface area contributed by atoms with Crippen molar-refractivity contribution in [2.75, 3.05) is 13.2 Å². The van der Waals surface area contributed by atoms with Crippen LogP contribution in [0.5, 0.6) is 0 Å². The van der Waals surface area contributed by atoms with Gasteiger partial charge in [0.2, 0.25) is 0 Å². The molecule has 0 saturated carbocycles. The molecule has 0 N–H and O–H groups in total. The molecule has 1 unspecified atom stereocenters. The van der Waals surface area contributed by atoms with Crippen molar-refractivity contribution < 1.29 is 9.53 Å². The second-order valence-electron chi connectivity index (χ2n) is 4.42. The van der Waals surface area contributed by atoms with Crippen molar-refractivity contribution in [3.63, 3.8) is 0 Å². The Hall–Kier alpha value is -1.95. The van der Waals surface area contributed by atoms with Crippen molar-refractivity contribution >= 4 is 11.3 Å². The molecule has 0 radical (unpaired) electrons. The molecular weight excluding hydrogens is 234 g/mol. The molecule has 94 valence electrons. The van der Waals surface area contributed by atoms with Crippen LogP contribution in [0.1, 0.15) is 6.42 Å². The van der Waals surface area contributed by atoms with Crippen LogP contribution in [0.3, 0.4) is 0 Å². The van der Waals surface area contributed by atoms with Crippen molar-refractivity contribution in [1.29, 1.82) is 0 Å². The van der Waals surface area contributed by atoms with Gasteiger partial charge in [-0.15, -0.1) is 0 Å². The molecular formula is C12H13N3O3.